The second-order valence-electron chi connectivity index (χ2n) is 4.27. The van der Waals surface area contributed by atoms with Crippen molar-refractivity contribution in [2.45, 2.75) is 32.4 Å². The van der Waals surface area contributed by atoms with Crippen molar-refractivity contribution >= 4 is 11.6 Å². The topological polar surface area (TPSA) is 50.1 Å². The van der Waals surface area contributed by atoms with Crippen LogP contribution in [0.15, 0.2) is 6.20 Å². The smallest absolute Gasteiger partial charge is 0.128 e. The van der Waals surface area contributed by atoms with Gasteiger partial charge in [-0.05, 0) is 20.3 Å². The number of halogens is 1. The maximum atomic E-state index is 8.88. The zero-order chi connectivity index (χ0) is 11.5. The van der Waals surface area contributed by atoms with Gasteiger partial charge in [-0.2, -0.15) is 0 Å². The maximum absolute atomic E-state index is 8.88. The minimum absolute atomic E-state index is 0.0901. The summed E-state index contributed by atoms with van der Waals surface area (Å²) in [5, 5.41) is 12.8. The average Bonchev–Trinajstić information content (AvgIpc) is 2.45. The molecule has 1 rings (SSSR count). The molecular formula is C10H18ClN3O. The minimum atomic E-state index is -0.0901. The SMILES string of the molecule is Cn1c(Cl)cnc1CNC(C)(C)CCO. The molecule has 1 aromatic heterocycles. The van der Waals surface area contributed by atoms with Crippen molar-refractivity contribution in [2.24, 2.45) is 7.05 Å². The van der Waals surface area contributed by atoms with Crippen molar-refractivity contribution in [3.8, 4) is 0 Å². The Labute approximate surface area is 95.3 Å². The van der Waals surface area contributed by atoms with E-state index in [0.717, 1.165) is 5.82 Å². The second kappa shape index (κ2) is 4.96. The molecule has 86 valence electrons. The number of aliphatic hydroxyl groups is 1. The summed E-state index contributed by atoms with van der Waals surface area (Å²) in [6.45, 7) is 4.93. The summed E-state index contributed by atoms with van der Waals surface area (Å²) < 4.78 is 1.84. The Morgan fingerprint density at radius 2 is 2.27 bits per heavy atom. The van der Waals surface area contributed by atoms with Crippen molar-refractivity contribution in [2.75, 3.05) is 6.61 Å². The lowest BCUT2D eigenvalue weighted by atomic mass is 10.0. The highest BCUT2D eigenvalue weighted by Gasteiger charge is 2.17. The van der Waals surface area contributed by atoms with Crippen LogP contribution in [-0.2, 0) is 13.6 Å². The number of nitrogens with one attached hydrogen (secondary N) is 1. The van der Waals surface area contributed by atoms with E-state index in [-0.39, 0.29) is 12.1 Å². The van der Waals surface area contributed by atoms with Crippen LogP contribution in [0.3, 0.4) is 0 Å². The third-order valence-electron chi connectivity index (χ3n) is 2.49. The van der Waals surface area contributed by atoms with Gasteiger partial charge in [-0.15, -0.1) is 0 Å². The normalized spacial score (nSPS) is 12.1. The molecule has 5 heteroatoms. The molecule has 0 saturated heterocycles. The van der Waals surface area contributed by atoms with Crippen molar-refractivity contribution in [3.05, 3.63) is 17.2 Å². The Hall–Kier alpha value is -0.580. The molecule has 0 amide bonds. The van der Waals surface area contributed by atoms with Gasteiger partial charge in [-0.25, -0.2) is 4.98 Å². The van der Waals surface area contributed by atoms with E-state index in [4.69, 9.17) is 16.7 Å². The number of hydrogen-bond acceptors (Lipinski definition) is 3. The number of imidazole rings is 1. The first kappa shape index (κ1) is 12.5. The number of rotatable bonds is 5. The summed E-state index contributed by atoms with van der Waals surface area (Å²) in [7, 11) is 1.88. The summed E-state index contributed by atoms with van der Waals surface area (Å²) in [6.07, 6.45) is 2.35. The summed E-state index contributed by atoms with van der Waals surface area (Å²) >= 11 is 5.87. The van der Waals surface area contributed by atoms with Crippen molar-refractivity contribution in [3.63, 3.8) is 0 Å². The molecule has 4 nitrogen and oxygen atoms in total. The lowest BCUT2D eigenvalue weighted by molar-refractivity contribution is 0.229. The summed E-state index contributed by atoms with van der Waals surface area (Å²) in [6, 6.07) is 0. The Morgan fingerprint density at radius 3 is 2.73 bits per heavy atom. The Balaban J connectivity index is 2.53. The molecule has 0 fully saturated rings. The zero-order valence-corrected chi connectivity index (χ0v) is 10.2. The molecule has 2 N–H and O–H groups in total. The van der Waals surface area contributed by atoms with Gasteiger partial charge in [0.05, 0.1) is 12.7 Å². The van der Waals surface area contributed by atoms with Crippen LogP contribution < -0.4 is 5.32 Å². The maximum Gasteiger partial charge on any atom is 0.128 e. The predicted octanol–water partition coefficient (Wildman–Crippen LogP) is 1.32. The summed E-state index contributed by atoms with van der Waals surface area (Å²) in [5.74, 6) is 0.894. The molecule has 0 aliphatic heterocycles. The third kappa shape index (κ3) is 3.48. The van der Waals surface area contributed by atoms with Crippen LogP contribution >= 0.6 is 11.6 Å². The van der Waals surface area contributed by atoms with Crippen LogP contribution in [0.2, 0.25) is 5.15 Å². The fraction of sp³-hybridized carbons (Fsp3) is 0.700. The van der Waals surface area contributed by atoms with E-state index in [2.05, 4.69) is 10.3 Å². The summed E-state index contributed by atoms with van der Waals surface area (Å²) in [4.78, 5) is 4.18. The average molecular weight is 232 g/mol. The highest BCUT2D eigenvalue weighted by atomic mass is 35.5. The van der Waals surface area contributed by atoms with Gasteiger partial charge < -0.3 is 15.0 Å². The number of hydrogen-bond donors (Lipinski definition) is 2. The lowest BCUT2D eigenvalue weighted by Crippen LogP contribution is -2.40. The van der Waals surface area contributed by atoms with E-state index in [1.54, 1.807) is 6.20 Å². The molecule has 0 aromatic carbocycles. The van der Waals surface area contributed by atoms with Crippen LogP contribution in [-0.4, -0.2) is 26.8 Å². The van der Waals surface area contributed by atoms with Crippen LogP contribution in [0, 0.1) is 0 Å². The van der Waals surface area contributed by atoms with Crippen LogP contribution in [0.25, 0.3) is 0 Å². The highest BCUT2D eigenvalue weighted by molar-refractivity contribution is 6.29. The Bertz CT molecular complexity index is 322. The van der Waals surface area contributed by atoms with E-state index in [1.807, 2.05) is 25.5 Å². The molecular weight excluding hydrogens is 214 g/mol. The van der Waals surface area contributed by atoms with Gasteiger partial charge in [0.25, 0.3) is 0 Å². The van der Waals surface area contributed by atoms with Crippen molar-refractivity contribution in [1.29, 1.82) is 0 Å². The fourth-order valence-electron chi connectivity index (χ4n) is 1.27. The Kier molecular flexibility index (Phi) is 4.13. The van der Waals surface area contributed by atoms with Gasteiger partial charge in [0.1, 0.15) is 11.0 Å². The van der Waals surface area contributed by atoms with E-state index in [1.165, 1.54) is 0 Å². The largest absolute Gasteiger partial charge is 0.396 e. The molecule has 0 saturated carbocycles. The van der Waals surface area contributed by atoms with Gasteiger partial charge in [-0.3, -0.25) is 0 Å². The van der Waals surface area contributed by atoms with E-state index in [9.17, 15) is 0 Å². The van der Waals surface area contributed by atoms with Gasteiger partial charge in [-0.1, -0.05) is 11.6 Å². The highest BCUT2D eigenvalue weighted by Crippen LogP contribution is 2.12. The first-order chi connectivity index (χ1) is 6.96. The molecule has 1 aromatic rings. The molecule has 0 atom stereocenters. The minimum Gasteiger partial charge on any atom is -0.396 e. The van der Waals surface area contributed by atoms with Gasteiger partial charge in [0.2, 0.25) is 0 Å². The first-order valence-corrected chi connectivity index (χ1v) is 5.36. The lowest BCUT2D eigenvalue weighted by Gasteiger charge is -2.25. The molecule has 0 radical (unpaired) electrons. The standard InChI is InChI=1S/C10H18ClN3O/c1-10(2,4-5-15)13-7-9-12-6-8(11)14(9)3/h6,13,15H,4-5,7H2,1-3H3. The number of aromatic nitrogens is 2. The fourth-order valence-corrected chi connectivity index (χ4v) is 1.42. The molecule has 0 aliphatic carbocycles. The zero-order valence-electron chi connectivity index (χ0n) is 9.42. The molecule has 0 bridgehead atoms. The van der Waals surface area contributed by atoms with Gasteiger partial charge >= 0.3 is 0 Å². The van der Waals surface area contributed by atoms with Gasteiger partial charge in [0.15, 0.2) is 0 Å². The van der Waals surface area contributed by atoms with Crippen molar-refractivity contribution in [1.82, 2.24) is 14.9 Å². The quantitative estimate of drug-likeness (QED) is 0.804. The Morgan fingerprint density at radius 1 is 1.60 bits per heavy atom. The monoisotopic (exact) mass is 231 g/mol. The first-order valence-electron chi connectivity index (χ1n) is 4.98. The van der Waals surface area contributed by atoms with E-state index in [0.29, 0.717) is 18.1 Å². The van der Waals surface area contributed by atoms with E-state index >= 15 is 0 Å². The molecule has 15 heavy (non-hydrogen) atoms. The second-order valence-corrected chi connectivity index (χ2v) is 4.65. The van der Waals surface area contributed by atoms with E-state index < -0.39 is 0 Å². The summed E-state index contributed by atoms with van der Waals surface area (Å²) in [5.41, 5.74) is -0.0901. The van der Waals surface area contributed by atoms with Crippen LogP contribution in [0.5, 0.6) is 0 Å². The van der Waals surface area contributed by atoms with Crippen LogP contribution in [0.4, 0.5) is 0 Å². The number of aliphatic hydroxyl groups excluding tert-OH is 1. The molecule has 0 unspecified atom stereocenters. The van der Waals surface area contributed by atoms with Crippen LogP contribution in [0.1, 0.15) is 26.1 Å². The molecule has 0 aliphatic rings. The van der Waals surface area contributed by atoms with Gasteiger partial charge in [0, 0.05) is 19.2 Å². The van der Waals surface area contributed by atoms with Crippen molar-refractivity contribution < 1.29 is 5.11 Å². The predicted molar refractivity (Wildman–Crippen MR) is 60.8 cm³/mol. The molecule has 0 spiro atoms. The number of nitrogens with zero attached hydrogens (tertiary/aromatic N) is 2. The molecule has 1 heterocycles. The third-order valence-corrected chi connectivity index (χ3v) is 2.84.